The Balaban J connectivity index is 1.77. The molecule has 3 heteroatoms. The lowest BCUT2D eigenvalue weighted by Crippen LogP contribution is -2.69. The van der Waals surface area contributed by atoms with Crippen LogP contribution in [-0.4, -0.2) is 40.7 Å². The van der Waals surface area contributed by atoms with Gasteiger partial charge in [-0.1, -0.05) is 0 Å². The molecule has 4 aliphatic rings. The number of nitrogens with zero attached hydrogens (tertiary/aromatic N) is 2. The van der Waals surface area contributed by atoms with Gasteiger partial charge < -0.3 is 4.90 Å². The Hall–Kier alpha value is 0.650. The van der Waals surface area contributed by atoms with Gasteiger partial charge in [0.15, 0.2) is 0 Å². The molecule has 2 bridgehead atoms. The van der Waals surface area contributed by atoms with E-state index in [1.807, 2.05) is 0 Å². The van der Waals surface area contributed by atoms with Crippen molar-refractivity contribution >= 4 is 22.9 Å². The van der Waals surface area contributed by atoms with Crippen molar-refractivity contribution in [3.05, 3.63) is 0 Å². The molecule has 0 amide bonds. The summed E-state index contributed by atoms with van der Waals surface area (Å²) in [5.41, 5.74) is 0.774. The molecule has 0 N–H and O–H groups in total. The number of fused-ring (bicyclic) bond motifs is 1. The van der Waals surface area contributed by atoms with Gasteiger partial charge >= 0.3 is 0 Å². The van der Waals surface area contributed by atoms with Crippen LogP contribution in [0.3, 0.4) is 0 Å². The highest BCUT2D eigenvalue weighted by molar-refractivity contribution is 14.1. The number of hydrogen-bond acceptors (Lipinski definition) is 2. The van der Waals surface area contributed by atoms with E-state index in [1.54, 1.807) is 0 Å². The van der Waals surface area contributed by atoms with Crippen molar-refractivity contribution in [2.24, 2.45) is 11.3 Å². The lowest BCUT2D eigenvalue weighted by atomic mass is 9.62. The van der Waals surface area contributed by atoms with E-state index in [2.05, 4.69) is 30.9 Å². The number of halogens is 1. The van der Waals surface area contributed by atoms with E-state index in [-0.39, 0.29) is 0 Å². The van der Waals surface area contributed by atoms with Crippen LogP contribution in [0.1, 0.15) is 6.42 Å². The molecule has 2 nitrogen and oxygen atoms in total. The van der Waals surface area contributed by atoms with E-state index in [0.29, 0.717) is 0 Å². The Morgan fingerprint density at radius 3 is 2.45 bits per heavy atom. The van der Waals surface area contributed by atoms with E-state index in [1.165, 1.54) is 39.1 Å². The van der Waals surface area contributed by atoms with Gasteiger partial charge in [0.05, 0.1) is 0 Å². The van der Waals surface area contributed by atoms with Crippen LogP contribution < -0.4 is 0 Å². The molecule has 4 saturated heterocycles. The Bertz CT molecular complexity index is 174. The average Bonchev–Trinajstić information content (AvgIpc) is 1.82. The van der Waals surface area contributed by atoms with E-state index >= 15 is 0 Å². The van der Waals surface area contributed by atoms with Crippen molar-refractivity contribution in [3.63, 3.8) is 0 Å². The second-order valence-corrected chi connectivity index (χ2v) is 5.71. The fourth-order valence-corrected chi connectivity index (χ4v) is 4.14. The van der Waals surface area contributed by atoms with E-state index < -0.39 is 0 Å². The smallest absolute Gasteiger partial charge is 0.0201 e. The maximum Gasteiger partial charge on any atom is 0.0201 e. The third kappa shape index (κ3) is 0.848. The summed E-state index contributed by atoms with van der Waals surface area (Å²) in [6, 6.07) is 0. The molecule has 0 aromatic rings. The van der Waals surface area contributed by atoms with Crippen LogP contribution in [0.5, 0.6) is 0 Å². The molecule has 0 aromatic heterocycles. The first-order chi connectivity index (χ1) is 5.28. The van der Waals surface area contributed by atoms with Gasteiger partial charge in [-0.2, -0.15) is 0 Å². The monoisotopic (exact) mass is 264 g/mol. The normalized spacial score (nSPS) is 46.6. The van der Waals surface area contributed by atoms with Gasteiger partial charge in [0.25, 0.3) is 0 Å². The molecule has 0 atom stereocenters. The fraction of sp³-hybridized carbons (Fsp3) is 1.00. The summed E-state index contributed by atoms with van der Waals surface area (Å²) in [4.78, 5) is 2.59. The van der Waals surface area contributed by atoms with Gasteiger partial charge in [0.1, 0.15) is 0 Å². The molecule has 0 unspecified atom stereocenters. The van der Waals surface area contributed by atoms with Crippen molar-refractivity contribution in [1.82, 2.24) is 8.01 Å². The second-order valence-electron chi connectivity index (χ2n) is 4.35. The highest BCUT2D eigenvalue weighted by atomic mass is 127. The van der Waals surface area contributed by atoms with Gasteiger partial charge in [-0.3, -0.25) is 0 Å². The van der Waals surface area contributed by atoms with Crippen molar-refractivity contribution in [2.75, 3.05) is 32.7 Å². The summed E-state index contributed by atoms with van der Waals surface area (Å²) in [6.07, 6.45) is 1.47. The molecule has 0 radical (unpaired) electrons. The second kappa shape index (κ2) is 2.12. The van der Waals surface area contributed by atoms with Crippen molar-refractivity contribution in [2.45, 2.75) is 6.42 Å². The standard InChI is InChI=1S/C8H13IN2/c9-11-5-8(6-11)1-2-10-3-7(8)4-10/h7H,1-6H2. The van der Waals surface area contributed by atoms with Gasteiger partial charge in [-0.05, 0) is 18.9 Å². The summed E-state index contributed by atoms with van der Waals surface area (Å²) >= 11 is 2.45. The maximum absolute atomic E-state index is 2.59. The molecule has 11 heavy (non-hydrogen) atoms. The lowest BCUT2D eigenvalue weighted by molar-refractivity contribution is -0.117. The first-order valence-corrected chi connectivity index (χ1v) is 5.38. The van der Waals surface area contributed by atoms with Crippen LogP contribution in [0.2, 0.25) is 0 Å². The highest BCUT2D eigenvalue weighted by Crippen LogP contribution is 2.50. The zero-order valence-corrected chi connectivity index (χ0v) is 8.75. The molecule has 0 saturated carbocycles. The largest absolute Gasteiger partial charge is 0.303 e. The van der Waals surface area contributed by atoms with E-state index in [4.69, 9.17) is 0 Å². The minimum Gasteiger partial charge on any atom is -0.303 e. The molecular formula is C8H13IN2. The number of piperidine rings is 2. The predicted octanol–water partition coefficient (Wildman–Crippen LogP) is 0.974. The Morgan fingerprint density at radius 1 is 1.27 bits per heavy atom. The predicted molar refractivity (Wildman–Crippen MR) is 52.6 cm³/mol. The van der Waals surface area contributed by atoms with Crippen molar-refractivity contribution in [1.29, 1.82) is 0 Å². The molecule has 1 spiro atoms. The number of rotatable bonds is 0. The van der Waals surface area contributed by atoms with E-state index in [9.17, 15) is 0 Å². The van der Waals surface area contributed by atoms with Crippen LogP contribution >= 0.6 is 22.9 Å². The van der Waals surface area contributed by atoms with Gasteiger partial charge in [0.2, 0.25) is 0 Å². The molecule has 4 rings (SSSR count). The van der Waals surface area contributed by atoms with Crippen LogP contribution in [0.4, 0.5) is 0 Å². The van der Waals surface area contributed by atoms with Crippen LogP contribution in [0.25, 0.3) is 0 Å². The molecule has 4 fully saturated rings. The van der Waals surface area contributed by atoms with Crippen molar-refractivity contribution < 1.29 is 0 Å². The first-order valence-electron chi connectivity index (χ1n) is 4.42. The minimum atomic E-state index is 0.774. The third-order valence-electron chi connectivity index (χ3n) is 3.72. The Kier molecular flexibility index (Phi) is 1.36. The molecule has 0 aliphatic carbocycles. The van der Waals surface area contributed by atoms with Gasteiger partial charge in [0, 0.05) is 54.5 Å². The van der Waals surface area contributed by atoms with Crippen molar-refractivity contribution in [3.8, 4) is 0 Å². The molecule has 0 aromatic carbocycles. The highest BCUT2D eigenvalue weighted by Gasteiger charge is 2.55. The topological polar surface area (TPSA) is 6.48 Å². The zero-order chi connectivity index (χ0) is 7.47. The lowest BCUT2D eigenvalue weighted by Gasteiger charge is -2.62. The Morgan fingerprint density at radius 2 is 2.00 bits per heavy atom. The fourth-order valence-electron chi connectivity index (χ4n) is 2.78. The summed E-state index contributed by atoms with van der Waals surface area (Å²) in [5, 5.41) is 0. The summed E-state index contributed by atoms with van der Waals surface area (Å²) in [5.74, 6) is 1.06. The van der Waals surface area contributed by atoms with Crippen LogP contribution in [-0.2, 0) is 0 Å². The van der Waals surface area contributed by atoms with E-state index in [0.717, 1.165) is 11.3 Å². The van der Waals surface area contributed by atoms with Crippen LogP contribution in [0, 0.1) is 11.3 Å². The Labute approximate surface area is 81.4 Å². The first kappa shape index (κ1) is 7.09. The van der Waals surface area contributed by atoms with Gasteiger partial charge in [-0.25, -0.2) is 3.11 Å². The summed E-state index contributed by atoms with van der Waals surface area (Å²) in [7, 11) is 0. The summed E-state index contributed by atoms with van der Waals surface area (Å²) < 4.78 is 2.44. The molecule has 62 valence electrons. The average molecular weight is 264 g/mol. The maximum atomic E-state index is 2.59. The SMILES string of the molecule is IN1CC2(CCN3CC2C3)C1. The zero-order valence-electron chi connectivity index (χ0n) is 6.59. The summed E-state index contributed by atoms with van der Waals surface area (Å²) in [6.45, 7) is 6.92. The molecular weight excluding hydrogens is 251 g/mol. The third-order valence-corrected chi connectivity index (χ3v) is 4.40. The van der Waals surface area contributed by atoms with Gasteiger partial charge in [-0.15, -0.1) is 0 Å². The quantitative estimate of drug-likeness (QED) is 0.475. The van der Waals surface area contributed by atoms with Crippen LogP contribution in [0.15, 0.2) is 0 Å². The number of hydrogen-bond donors (Lipinski definition) is 0. The molecule has 4 heterocycles. The molecule has 4 aliphatic heterocycles. The minimum absolute atomic E-state index is 0.774.